The molecule has 3 N–H and O–H groups in total. The molecule has 0 aliphatic heterocycles. The Morgan fingerprint density at radius 2 is 1.90 bits per heavy atom. The van der Waals surface area contributed by atoms with Crippen molar-refractivity contribution in [1.82, 2.24) is 5.43 Å². The predicted molar refractivity (Wildman–Crippen MR) is 77.8 cm³/mol. The van der Waals surface area contributed by atoms with E-state index in [9.17, 15) is 13.2 Å². The van der Waals surface area contributed by atoms with Crippen LogP contribution in [0.4, 0.5) is 13.2 Å². The summed E-state index contributed by atoms with van der Waals surface area (Å²) in [4.78, 5) is 0. The van der Waals surface area contributed by atoms with Gasteiger partial charge in [-0.15, -0.1) is 0 Å². The van der Waals surface area contributed by atoms with Crippen molar-refractivity contribution in [3.63, 3.8) is 0 Å². The van der Waals surface area contributed by atoms with Gasteiger partial charge in [-0.3, -0.25) is 11.3 Å². The first-order chi connectivity index (χ1) is 9.90. The molecule has 6 heteroatoms. The normalized spacial score (nSPS) is 24.8. The molecule has 0 heterocycles. The summed E-state index contributed by atoms with van der Waals surface area (Å²) >= 11 is 5.95. The highest BCUT2D eigenvalue weighted by Crippen LogP contribution is 2.40. The number of nitrogens with two attached hydrogens (primary N) is 1. The van der Waals surface area contributed by atoms with E-state index in [1.54, 1.807) is 6.07 Å². The Balaban J connectivity index is 1.94. The molecule has 0 saturated heterocycles. The zero-order chi connectivity index (χ0) is 15.5. The second-order valence-electron chi connectivity index (χ2n) is 5.76. The number of hydrogen-bond acceptors (Lipinski definition) is 2. The van der Waals surface area contributed by atoms with E-state index in [-0.39, 0.29) is 24.8 Å². The van der Waals surface area contributed by atoms with Gasteiger partial charge in [0, 0.05) is 11.1 Å². The van der Waals surface area contributed by atoms with Gasteiger partial charge in [0.2, 0.25) is 0 Å². The van der Waals surface area contributed by atoms with Crippen LogP contribution in [0.25, 0.3) is 0 Å². The summed E-state index contributed by atoms with van der Waals surface area (Å²) < 4.78 is 38.1. The highest BCUT2D eigenvalue weighted by Gasteiger charge is 2.42. The van der Waals surface area contributed by atoms with Gasteiger partial charge in [0.15, 0.2) is 0 Å². The van der Waals surface area contributed by atoms with Crippen LogP contribution in [-0.4, -0.2) is 12.2 Å². The third kappa shape index (κ3) is 4.59. The van der Waals surface area contributed by atoms with Gasteiger partial charge in [0.25, 0.3) is 0 Å². The maximum atomic E-state index is 12.7. The number of benzene rings is 1. The Labute approximate surface area is 127 Å². The Morgan fingerprint density at radius 1 is 1.24 bits per heavy atom. The predicted octanol–water partition coefficient (Wildman–Crippen LogP) is 4.08. The van der Waals surface area contributed by atoms with Crippen molar-refractivity contribution >= 4 is 11.6 Å². The number of hydrazine groups is 1. The summed E-state index contributed by atoms with van der Waals surface area (Å²) in [5, 5.41) is 0.657. The van der Waals surface area contributed by atoms with Crippen molar-refractivity contribution in [2.75, 3.05) is 0 Å². The van der Waals surface area contributed by atoms with Crippen LogP contribution in [-0.2, 0) is 6.42 Å². The third-order valence-corrected chi connectivity index (χ3v) is 4.60. The van der Waals surface area contributed by atoms with E-state index in [2.05, 4.69) is 5.43 Å². The van der Waals surface area contributed by atoms with Crippen molar-refractivity contribution in [3.8, 4) is 0 Å². The molecule has 2 nitrogen and oxygen atoms in total. The number of hydrogen-bond donors (Lipinski definition) is 2. The van der Waals surface area contributed by atoms with Crippen LogP contribution >= 0.6 is 11.6 Å². The molecule has 1 aliphatic carbocycles. The molecule has 1 aromatic rings. The average Bonchev–Trinajstić information content (AvgIpc) is 2.44. The Bertz CT molecular complexity index is 456. The molecule has 1 aliphatic rings. The molecular weight excluding hydrogens is 301 g/mol. The van der Waals surface area contributed by atoms with E-state index < -0.39 is 12.1 Å². The lowest BCUT2D eigenvalue weighted by atomic mass is 9.77. The van der Waals surface area contributed by atoms with Crippen molar-refractivity contribution < 1.29 is 13.2 Å². The van der Waals surface area contributed by atoms with E-state index in [0.717, 1.165) is 5.56 Å². The van der Waals surface area contributed by atoms with Crippen molar-refractivity contribution in [2.24, 2.45) is 17.7 Å². The lowest BCUT2D eigenvalue weighted by Crippen LogP contribution is -2.44. The standard InChI is InChI=1S/C15H20ClF3N2/c16-13-3-1-2-10(8-13)9-14(21-20)11-4-6-12(7-5-11)15(17,18)19/h1-3,8,11-12,14,21H,4-7,9,20H2. The average molecular weight is 321 g/mol. The van der Waals surface area contributed by atoms with Gasteiger partial charge in [-0.25, -0.2) is 0 Å². The highest BCUT2D eigenvalue weighted by molar-refractivity contribution is 6.30. The Hall–Kier alpha value is -0.780. The van der Waals surface area contributed by atoms with Gasteiger partial charge in [0.05, 0.1) is 5.92 Å². The van der Waals surface area contributed by atoms with Crippen LogP contribution in [0.2, 0.25) is 5.02 Å². The fourth-order valence-electron chi connectivity index (χ4n) is 3.13. The monoisotopic (exact) mass is 320 g/mol. The summed E-state index contributed by atoms with van der Waals surface area (Å²) in [6.07, 6.45) is -1.88. The largest absolute Gasteiger partial charge is 0.391 e. The van der Waals surface area contributed by atoms with Gasteiger partial charge < -0.3 is 0 Å². The first-order valence-corrected chi connectivity index (χ1v) is 7.55. The number of halogens is 4. The molecule has 0 aromatic heterocycles. The Morgan fingerprint density at radius 3 is 2.43 bits per heavy atom. The smallest absolute Gasteiger partial charge is 0.271 e. The molecular formula is C15H20ClF3N2. The molecule has 1 aromatic carbocycles. The molecule has 0 amide bonds. The summed E-state index contributed by atoms with van der Waals surface area (Å²) in [5.74, 6) is 4.62. The molecule has 1 unspecified atom stereocenters. The quantitative estimate of drug-likeness (QED) is 0.648. The SMILES string of the molecule is NNC(Cc1cccc(Cl)c1)C1CCC(C(F)(F)F)CC1. The maximum absolute atomic E-state index is 12.7. The molecule has 1 atom stereocenters. The minimum Gasteiger partial charge on any atom is -0.271 e. The van der Waals surface area contributed by atoms with Crippen LogP contribution < -0.4 is 11.3 Å². The van der Waals surface area contributed by atoms with Crippen molar-refractivity contribution in [3.05, 3.63) is 34.9 Å². The van der Waals surface area contributed by atoms with Crippen molar-refractivity contribution in [1.29, 1.82) is 0 Å². The summed E-state index contributed by atoms with van der Waals surface area (Å²) in [7, 11) is 0. The van der Waals surface area contributed by atoms with Gasteiger partial charge in [-0.2, -0.15) is 13.2 Å². The van der Waals surface area contributed by atoms with Gasteiger partial charge in [-0.1, -0.05) is 23.7 Å². The number of alkyl halides is 3. The third-order valence-electron chi connectivity index (χ3n) is 4.36. The first-order valence-electron chi connectivity index (χ1n) is 7.17. The molecule has 21 heavy (non-hydrogen) atoms. The topological polar surface area (TPSA) is 38.0 Å². The Kier molecular flexibility index (Phi) is 5.52. The summed E-state index contributed by atoms with van der Waals surface area (Å²) in [6.45, 7) is 0. The minimum atomic E-state index is -4.07. The maximum Gasteiger partial charge on any atom is 0.391 e. The summed E-state index contributed by atoms with van der Waals surface area (Å²) in [5.41, 5.74) is 3.81. The number of rotatable bonds is 4. The zero-order valence-corrected chi connectivity index (χ0v) is 12.4. The fraction of sp³-hybridized carbons (Fsp3) is 0.600. The molecule has 1 saturated carbocycles. The minimum absolute atomic E-state index is 0.0161. The lowest BCUT2D eigenvalue weighted by Gasteiger charge is -2.34. The van der Waals surface area contributed by atoms with Crippen LogP contribution in [0.1, 0.15) is 31.2 Å². The number of nitrogens with one attached hydrogen (secondary N) is 1. The van der Waals surface area contributed by atoms with Gasteiger partial charge in [0.1, 0.15) is 0 Å². The molecule has 0 bridgehead atoms. The lowest BCUT2D eigenvalue weighted by molar-refractivity contribution is -0.184. The second kappa shape index (κ2) is 6.99. The highest BCUT2D eigenvalue weighted by atomic mass is 35.5. The van der Waals surface area contributed by atoms with Crippen LogP contribution in [0.3, 0.4) is 0 Å². The van der Waals surface area contributed by atoms with E-state index in [0.29, 0.717) is 24.3 Å². The van der Waals surface area contributed by atoms with E-state index in [1.165, 1.54) is 0 Å². The van der Waals surface area contributed by atoms with Crippen LogP contribution in [0, 0.1) is 11.8 Å². The van der Waals surface area contributed by atoms with E-state index in [1.807, 2.05) is 18.2 Å². The van der Waals surface area contributed by atoms with Crippen LogP contribution in [0.5, 0.6) is 0 Å². The second-order valence-corrected chi connectivity index (χ2v) is 6.20. The van der Waals surface area contributed by atoms with E-state index >= 15 is 0 Å². The molecule has 0 spiro atoms. The van der Waals surface area contributed by atoms with Crippen molar-refractivity contribution in [2.45, 2.75) is 44.3 Å². The first kappa shape index (κ1) is 16.6. The van der Waals surface area contributed by atoms with Crippen LogP contribution in [0.15, 0.2) is 24.3 Å². The summed E-state index contributed by atoms with van der Waals surface area (Å²) in [6, 6.07) is 7.47. The van der Waals surface area contributed by atoms with Gasteiger partial charge >= 0.3 is 6.18 Å². The van der Waals surface area contributed by atoms with Gasteiger partial charge in [-0.05, 0) is 55.7 Å². The molecule has 1 fully saturated rings. The molecule has 0 radical (unpaired) electrons. The zero-order valence-electron chi connectivity index (χ0n) is 11.7. The fourth-order valence-corrected chi connectivity index (χ4v) is 3.34. The molecule has 118 valence electrons. The van der Waals surface area contributed by atoms with E-state index in [4.69, 9.17) is 17.4 Å². The molecule has 2 rings (SSSR count).